The Hall–Kier alpha value is -2.89. The fourth-order valence-corrected chi connectivity index (χ4v) is 2.45. The summed E-state index contributed by atoms with van der Waals surface area (Å²) in [5.74, 6) is 0.681. The summed E-state index contributed by atoms with van der Waals surface area (Å²) < 4.78 is 5.09. The van der Waals surface area contributed by atoms with E-state index in [4.69, 9.17) is 9.57 Å². The van der Waals surface area contributed by atoms with Gasteiger partial charge in [-0.3, -0.25) is 10.1 Å². The Morgan fingerprint density at radius 2 is 1.82 bits per heavy atom. The normalized spacial score (nSPS) is 20.1. The second-order valence-electron chi connectivity index (χ2n) is 4.87. The Labute approximate surface area is 127 Å². The van der Waals surface area contributed by atoms with E-state index >= 15 is 0 Å². The van der Waals surface area contributed by atoms with Crippen molar-refractivity contribution in [3.8, 4) is 5.75 Å². The molecule has 6 nitrogen and oxygen atoms in total. The van der Waals surface area contributed by atoms with Gasteiger partial charge in [-0.2, -0.15) is 0 Å². The van der Waals surface area contributed by atoms with Gasteiger partial charge in [0.1, 0.15) is 5.75 Å². The summed E-state index contributed by atoms with van der Waals surface area (Å²) in [4.78, 5) is 16.5. The smallest absolute Gasteiger partial charge is 0.301 e. The predicted octanol–water partition coefficient (Wildman–Crippen LogP) is 2.82. The van der Waals surface area contributed by atoms with Crippen LogP contribution in [0.1, 0.15) is 17.2 Å². The highest BCUT2D eigenvalue weighted by Gasteiger charge is 2.45. The lowest BCUT2D eigenvalue weighted by Crippen LogP contribution is -2.32. The first-order valence-corrected chi connectivity index (χ1v) is 6.77. The summed E-state index contributed by atoms with van der Waals surface area (Å²) >= 11 is 0. The maximum absolute atomic E-state index is 11.5. The van der Waals surface area contributed by atoms with Crippen molar-refractivity contribution in [3.05, 3.63) is 75.8 Å². The molecule has 2 aromatic carbocycles. The maximum Gasteiger partial charge on any atom is 0.301 e. The molecule has 0 N–H and O–H groups in total. The molecule has 1 aliphatic rings. The molecule has 0 saturated carbocycles. The Morgan fingerprint density at radius 1 is 1.14 bits per heavy atom. The van der Waals surface area contributed by atoms with Crippen LogP contribution in [-0.2, 0) is 4.84 Å². The van der Waals surface area contributed by atoms with Crippen LogP contribution < -0.4 is 4.74 Å². The predicted molar refractivity (Wildman–Crippen MR) is 80.6 cm³/mol. The van der Waals surface area contributed by atoms with Gasteiger partial charge in [0.15, 0.2) is 5.71 Å². The number of rotatable bonds is 4. The highest BCUT2D eigenvalue weighted by Crippen LogP contribution is 2.32. The summed E-state index contributed by atoms with van der Waals surface area (Å²) in [6.07, 6.45) is -0.715. The zero-order chi connectivity index (χ0) is 15.5. The number of hydrogen-bond acceptors (Lipinski definition) is 5. The third-order valence-electron chi connectivity index (χ3n) is 3.57. The zero-order valence-electron chi connectivity index (χ0n) is 11.9. The average molecular weight is 298 g/mol. The molecule has 2 atom stereocenters. The third-order valence-corrected chi connectivity index (χ3v) is 3.57. The molecular weight excluding hydrogens is 284 g/mol. The van der Waals surface area contributed by atoms with Crippen LogP contribution in [0.3, 0.4) is 0 Å². The Balaban J connectivity index is 1.93. The highest BCUT2D eigenvalue weighted by molar-refractivity contribution is 6.04. The fraction of sp³-hybridized carbons (Fsp3) is 0.188. The third kappa shape index (κ3) is 2.50. The zero-order valence-corrected chi connectivity index (χ0v) is 11.9. The molecule has 0 radical (unpaired) electrons. The number of oxime groups is 1. The number of ether oxygens (including phenoxy) is 1. The quantitative estimate of drug-likeness (QED) is 0.642. The van der Waals surface area contributed by atoms with E-state index in [1.54, 1.807) is 43.5 Å². The molecule has 22 heavy (non-hydrogen) atoms. The molecule has 112 valence electrons. The van der Waals surface area contributed by atoms with E-state index in [1.807, 2.05) is 18.2 Å². The molecule has 1 heterocycles. The van der Waals surface area contributed by atoms with Crippen LogP contribution >= 0.6 is 0 Å². The van der Waals surface area contributed by atoms with Crippen LogP contribution in [0.4, 0.5) is 0 Å². The van der Waals surface area contributed by atoms with Gasteiger partial charge in [0.25, 0.3) is 0 Å². The number of benzene rings is 2. The van der Waals surface area contributed by atoms with Crippen molar-refractivity contribution >= 4 is 5.71 Å². The van der Waals surface area contributed by atoms with Crippen molar-refractivity contribution in [2.45, 2.75) is 12.1 Å². The minimum absolute atomic E-state index is 0.321. The summed E-state index contributed by atoms with van der Waals surface area (Å²) in [6, 6.07) is 15.0. The van der Waals surface area contributed by atoms with Crippen LogP contribution in [0, 0.1) is 10.1 Å². The average Bonchev–Trinajstić information content (AvgIpc) is 3.01. The SMILES string of the molecule is COc1ccc(C2=NO[C@@H](c3ccccc3)[C@H]2[N+](=O)[O-])cc1. The molecule has 6 heteroatoms. The lowest BCUT2D eigenvalue weighted by atomic mass is 9.95. The fourth-order valence-electron chi connectivity index (χ4n) is 2.45. The van der Waals surface area contributed by atoms with Gasteiger partial charge in [-0.25, -0.2) is 0 Å². The van der Waals surface area contributed by atoms with E-state index in [0.29, 0.717) is 17.0 Å². The van der Waals surface area contributed by atoms with Crippen LogP contribution in [0.25, 0.3) is 0 Å². The van der Waals surface area contributed by atoms with E-state index in [-0.39, 0.29) is 4.92 Å². The molecule has 0 fully saturated rings. The molecule has 0 aromatic heterocycles. The van der Waals surface area contributed by atoms with E-state index in [0.717, 1.165) is 5.56 Å². The molecule has 0 unspecified atom stereocenters. The van der Waals surface area contributed by atoms with E-state index in [1.165, 1.54) is 0 Å². The molecule has 2 aromatic rings. The van der Waals surface area contributed by atoms with Crippen molar-refractivity contribution in [3.63, 3.8) is 0 Å². The molecule has 1 aliphatic heterocycles. The lowest BCUT2D eigenvalue weighted by molar-refractivity contribution is -0.512. The standard InChI is InChI=1S/C16H14N2O4/c1-21-13-9-7-11(8-10-13)14-15(18(19)20)16(22-17-14)12-5-3-2-4-6-12/h2-10,15-16H,1H3/t15-,16-/m0/s1. The molecule has 0 bridgehead atoms. The number of hydrogen-bond donors (Lipinski definition) is 0. The Bertz CT molecular complexity index is 698. The van der Waals surface area contributed by atoms with E-state index in [9.17, 15) is 10.1 Å². The molecule has 0 saturated heterocycles. The second kappa shape index (κ2) is 5.85. The van der Waals surface area contributed by atoms with Gasteiger partial charge in [0.05, 0.1) is 7.11 Å². The van der Waals surface area contributed by atoms with Gasteiger partial charge in [0.2, 0.25) is 6.10 Å². The summed E-state index contributed by atoms with van der Waals surface area (Å²) in [7, 11) is 1.57. The van der Waals surface area contributed by atoms with Gasteiger partial charge in [-0.05, 0) is 24.3 Å². The second-order valence-corrected chi connectivity index (χ2v) is 4.87. The Morgan fingerprint density at radius 3 is 2.41 bits per heavy atom. The summed E-state index contributed by atoms with van der Waals surface area (Å²) in [6.45, 7) is 0. The monoisotopic (exact) mass is 298 g/mol. The minimum atomic E-state index is -1.03. The summed E-state index contributed by atoms with van der Waals surface area (Å²) in [5, 5.41) is 15.5. The minimum Gasteiger partial charge on any atom is -0.497 e. The topological polar surface area (TPSA) is 74.0 Å². The van der Waals surface area contributed by atoms with Crippen LogP contribution in [0.2, 0.25) is 0 Å². The first kappa shape index (κ1) is 14.1. The van der Waals surface area contributed by atoms with Gasteiger partial charge in [-0.15, -0.1) is 0 Å². The largest absolute Gasteiger partial charge is 0.497 e. The van der Waals surface area contributed by atoms with Crippen LogP contribution in [0.5, 0.6) is 5.75 Å². The first-order chi connectivity index (χ1) is 10.7. The number of nitro groups is 1. The van der Waals surface area contributed by atoms with Crippen molar-refractivity contribution in [1.29, 1.82) is 0 Å². The van der Waals surface area contributed by atoms with E-state index < -0.39 is 12.1 Å². The van der Waals surface area contributed by atoms with Crippen molar-refractivity contribution in [2.75, 3.05) is 7.11 Å². The Kier molecular flexibility index (Phi) is 3.74. The van der Waals surface area contributed by atoms with Gasteiger partial charge in [-0.1, -0.05) is 35.5 Å². The molecule has 0 aliphatic carbocycles. The summed E-state index contributed by atoms with van der Waals surface area (Å²) in [5.41, 5.74) is 1.71. The first-order valence-electron chi connectivity index (χ1n) is 6.77. The van der Waals surface area contributed by atoms with Crippen molar-refractivity contribution in [1.82, 2.24) is 0 Å². The highest BCUT2D eigenvalue weighted by atomic mass is 16.7. The lowest BCUT2D eigenvalue weighted by Gasteiger charge is -2.12. The molecule has 0 spiro atoms. The number of nitrogens with zero attached hydrogens (tertiary/aromatic N) is 2. The van der Waals surface area contributed by atoms with Gasteiger partial charge in [0, 0.05) is 16.1 Å². The van der Waals surface area contributed by atoms with Gasteiger partial charge < -0.3 is 9.57 Å². The van der Waals surface area contributed by atoms with Crippen molar-refractivity contribution in [2.24, 2.45) is 5.16 Å². The maximum atomic E-state index is 11.5. The van der Waals surface area contributed by atoms with Crippen molar-refractivity contribution < 1.29 is 14.5 Å². The van der Waals surface area contributed by atoms with Gasteiger partial charge >= 0.3 is 6.04 Å². The molecule has 3 rings (SSSR count). The van der Waals surface area contributed by atoms with Crippen LogP contribution in [0.15, 0.2) is 59.8 Å². The molecule has 0 amide bonds. The van der Waals surface area contributed by atoms with Crippen LogP contribution in [-0.4, -0.2) is 23.8 Å². The molecular formula is C16H14N2O4. The van der Waals surface area contributed by atoms with E-state index in [2.05, 4.69) is 5.16 Å². The number of methoxy groups -OCH3 is 1.